The van der Waals surface area contributed by atoms with Crippen molar-refractivity contribution in [2.45, 2.75) is 39.0 Å². The first-order chi connectivity index (χ1) is 20.4. The number of hydrogen-bond donors (Lipinski definition) is 0. The van der Waals surface area contributed by atoms with Gasteiger partial charge in [0.05, 0.1) is 12.2 Å². The average molecular weight is 598 g/mol. The second-order valence-corrected chi connectivity index (χ2v) is 11.3. The van der Waals surface area contributed by atoms with Crippen molar-refractivity contribution in [2.75, 3.05) is 39.3 Å². The predicted octanol–water partition coefficient (Wildman–Crippen LogP) is 7.63. The lowest BCUT2D eigenvalue weighted by Gasteiger charge is -2.35. The van der Waals surface area contributed by atoms with Crippen LogP contribution in [-0.2, 0) is 10.9 Å². The molecule has 0 N–H and O–H groups in total. The SMILES string of the molecule is CC(C)(C)OC(=O)N1CCN(CCCOc2ccc(-c3nc4ccc(Oc5cccc(C(F)(F)F)c5)cc4o3)cc2)CC1. The van der Waals surface area contributed by atoms with Gasteiger partial charge in [0.2, 0.25) is 5.89 Å². The topological polar surface area (TPSA) is 77.3 Å². The molecule has 0 radical (unpaired) electrons. The molecule has 43 heavy (non-hydrogen) atoms. The molecular weight excluding hydrogens is 563 g/mol. The van der Waals surface area contributed by atoms with Crippen LogP contribution in [0.15, 0.2) is 71.1 Å². The number of nitrogens with zero attached hydrogens (tertiary/aromatic N) is 3. The largest absolute Gasteiger partial charge is 0.494 e. The van der Waals surface area contributed by atoms with Gasteiger partial charge in [0.25, 0.3) is 0 Å². The van der Waals surface area contributed by atoms with Gasteiger partial charge >= 0.3 is 12.3 Å². The van der Waals surface area contributed by atoms with Crippen molar-refractivity contribution in [3.63, 3.8) is 0 Å². The first kappa shape index (κ1) is 30.2. The van der Waals surface area contributed by atoms with Crippen LogP contribution in [0.4, 0.5) is 18.0 Å². The maximum absolute atomic E-state index is 13.0. The molecule has 1 aliphatic heterocycles. The van der Waals surface area contributed by atoms with Crippen LogP contribution in [0.1, 0.15) is 32.8 Å². The molecule has 2 heterocycles. The summed E-state index contributed by atoms with van der Waals surface area (Å²) in [7, 11) is 0. The average Bonchev–Trinajstić information content (AvgIpc) is 3.38. The van der Waals surface area contributed by atoms with E-state index >= 15 is 0 Å². The first-order valence-corrected chi connectivity index (χ1v) is 14.1. The number of hydrogen-bond acceptors (Lipinski definition) is 7. The van der Waals surface area contributed by atoms with Crippen molar-refractivity contribution >= 4 is 17.2 Å². The summed E-state index contributed by atoms with van der Waals surface area (Å²) >= 11 is 0. The fourth-order valence-corrected chi connectivity index (χ4v) is 4.62. The highest BCUT2D eigenvalue weighted by Crippen LogP contribution is 2.34. The summed E-state index contributed by atoms with van der Waals surface area (Å²) in [4.78, 5) is 20.8. The number of carbonyl (C=O) groups excluding carboxylic acids is 1. The third-order valence-corrected chi connectivity index (χ3v) is 6.77. The first-order valence-electron chi connectivity index (χ1n) is 14.1. The number of carbonyl (C=O) groups is 1. The molecule has 5 rings (SSSR count). The van der Waals surface area contributed by atoms with Gasteiger partial charge in [-0.2, -0.15) is 13.2 Å². The monoisotopic (exact) mass is 597 g/mol. The van der Waals surface area contributed by atoms with Gasteiger partial charge in [-0.15, -0.1) is 0 Å². The van der Waals surface area contributed by atoms with Crippen molar-refractivity contribution in [2.24, 2.45) is 0 Å². The molecule has 0 aliphatic carbocycles. The van der Waals surface area contributed by atoms with Crippen molar-refractivity contribution in [3.05, 3.63) is 72.3 Å². The number of halogens is 3. The van der Waals surface area contributed by atoms with Crippen LogP contribution >= 0.6 is 0 Å². The molecule has 228 valence electrons. The number of fused-ring (bicyclic) bond motifs is 1. The Morgan fingerprint density at radius 3 is 2.30 bits per heavy atom. The summed E-state index contributed by atoms with van der Waals surface area (Å²) in [6, 6.07) is 17.1. The second kappa shape index (κ2) is 12.5. The maximum atomic E-state index is 13.0. The number of piperazine rings is 1. The van der Waals surface area contributed by atoms with Crippen molar-refractivity contribution in [1.29, 1.82) is 0 Å². The molecule has 4 aromatic rings. The van der Waals surface area contributed by atoms with E-state index in [2.05, 4.69) is 9.88 Å². The molecule has 1 aliphatic rings. The molecular formula is C32H34F3N3O5. The Morgan fingerprint density at radius 1 is 0.907 bits per heavy atom. The highest BCUT2D eigenvalue weighted by molar-refractivity contribution is 5.78. The van der Waals surface area contributed by atoms with Crippen LogP contribution in [-0.4, -0.2) is 65.8 Å². The van der Waals surface area contributed by atoms with E-state index in [1.165, 1.54) is 12.1 Å². The van der Waals surface area contributed by atoms with Crippen molar-refractivity contribution in [3.8, 4) is 28.7 Å². The maximum Gasteiger partial charge on any atom is 0.416 e. The van der Waals surface area contributed by atoms with Gasteiger partial charge in [0.1, 0.15) is 28.4 Å². The number of ether oxygens (including phenoxy) is 3. The minimum absolute atomic E-state index is 0.0743. The van der Waals surface area contributed by atoms with E-state index in [4.69, 9.17) is 18.6 Å². The molecule has 0 saturated carbocycles. The summed E-state index contributed by atoms with van der Waals surface area (Å²) in [5.41, 5.74) is 0.528. The molecule has 11 heteroatoms. The Kier molecular flexibility index (Phi) is 8.82. The molecule has 1 aromatic heterocycles. The molecule has 8 nitrogen and oxygen atoms in total. The second-order valence-electron chi connectivity index (χ2n) is 11.3. The third kappa shape index (κ3) is 8.19. The smallest absolute Gasteiger partial charge is 0.416 e. The summed E-state index contributed by atoms with van der Waals surface area (Å²) < 4.78 is 62.0. The van der Waals surface area contributed by atoms with E-state index in [9.17, 15) is 18.0 Å². The highest BCUT2D eigenvalue weighted by Gasteiger charge is 2.30. The molecule has 0 bridgehead atoms. The lowest BCUT2D eigenvalue weighted by molar-refractivity contribution is -0.137. The molecule has 0 atom stereocenters. The van der Waals surface area contributed by atoms with Gasteiger partial charge in [0, 0.05) is 44.4 Å². The summed E-state index contributed by atoms with van der Waals surface area (Å²) in [6.07, 6.45) is -3.86. The summed E-state index contributed by atoms with van der Waals surface area (Å²) in [5, 5.41) is 0. The molecule has 0 unspecified atom stereocenters. The fourth-order valence-electron chi connectivity index (χ4n) is 4.62. The van der Waals surface area contributed by atoms with E-state index in [0.29, 0.717) is 42.4 Å². The number of oxazole rings is 1. The standard InChI is InChI=1S/C32H34F3N3O5/c1-31(2,3)43-30(39)38-17-15-37(16-18-38)14-5-19-40-24-10-8-22(9-11-24)29-36-27-13-12-26(21-28(27)42-29)41-25-7-4-6-23(20-25)32(33,34)35/h4,6-13,20-21H,5,14-19H2,1-3H3. The van der Waals surface area contributed by atoms with E-state index in [-0.39, 0.29) is 11.8 Å². The zero-order chi connectivity index (χ0) is 30.6. The Balaban J connectivity index is 1.09. The normalized spacial score (nSPS) is 14.6. The van der Waals surface area contributed by atoms with Gasteiger partial charge in [0.15, 0.2) is 5.58 Å². The minimum atomic E-state index is -4.45. The van der Waals surface area contributed by atoms with E-state index in [1.54, 1.807) is 23.1 Å². The lowest BCUT2D eigenvalue weighted by Crippen LogP contribution is -2.50. The lowest BCUT2D eigenvalue weighted by atomic mass is 10.2. The number of amides is 1. The van der Waals surface area contributed by atoms with Gasteiger partial charge in [-0.05, 0) is 81.8 Å². The summed E-state index contributed by atoms with van der Waals surface area (Å²) in [6.45, 7) is 9.95. The van der Waals surface area contributed by atoms with Gasteiger partial charge < -0.3 is 23.5 Å². The minimum Gasteiger partial charge on any atom is -0.494 e. The van der Waals surface area contributed by atoms with E-state index in [0.717, 1.165) is 49.5 Å². The Bertz CT molecular complexity index is 1540. The fraction of sp³-hybridized carbons (Fsp3) is 0.375. The van der Waals surface area contributed by atoms with Crippen LogP contribution in [0, 0.1) is 0 Å². The quantitative estimate of drug-likeness (QED) is 0.193. The van der Waals surface area contributed by atoms with Crippen molar-refractivity contribution < 1.29 is 36.6 Å². The van der Waals surface area contributed by atoms with Crippen LogP contribution in [0.3, 0.4) is 0 Å². The Hall–Kier alpha value is -4.25. The Labute approximate surface area is 247 Å². The molecule has 1 amide bonds. The van der Waals surface area contributed by atoms with Crippen LogP contribution < -0.4 is 9.47 Å². The molecule has 0 spiro atoms. The Morgan fingerprint density at radius 2 is 1.60 bits per heavy atom. The van der Waals surface area contributed by atoms with Crippen molar-refractivity contribution in [1.82, 2.24) is 14.8 Å². The number of aromatic nitrogens is 1. The third-order valence-electron chi connectivity index (χ3n) is 6.77. The van der Waals surface area contributed by atoms with Crippen LogP contribution in [0.25, 0.3) is 22.6 Å². The van der Waals surface area contributed by atoms with E-state index < -0.39 is 17.3 Å². The zero-order valence-electron chi connectivity index (χ0n) is 24.3. The molecule has 3 aromatic carbocycles. The predicted molar refractivity (Wildman–Crippen MR) is 155 cm³/mol. The van der Waals surface area contributed by atoms with E-state index in [1.807, 2.05) is 45.0 Å². The van der Waals surface area contributed by atoms with Gasteiger partial charge in [-0.1, -0.05) is 6.07 Å². The number of rotatable bonds is 8. The molecule has 1 fully saturated rings. The number of benzene rings is 3. The zero-order valence-corrected chi connectivity index (χ0v) is 24.3. The van der Waals surface area contributed by atoms with Gasteiger partial charge in [-0.3, -0.25) is 4.90 Å². The molecule has 1 saturated heterocycles. The highest BCUT2D eigenvalue weighted by atomic mass is 19.4. The van der Waals surface area contributed by atoms with Crippen LogP contribution in [0.5, 0.6) is 17.2 Å². The summed E-state index contributed by atoms with van der Waals surface area (Å²) in [5.74, 6) is 1.54. The van der Waals surface area contributed by atoms with Gasteiger partial charge in [-0.25, -0.2) is 9.78 Å². The van der Waals surface area contributed by atoms with Crippen LogP contribution in [0.2, 0.25) is 0 Å². The number of alkyl halides is 3.